The third-order valence-electron chi connectivity index (χ3n) is 4.97. The number of carbonyl (C=O) groups is 1. The van der Waals surface area contributed by atoms with Gasteiger partial charge in [0.2, 0.25) is 5.91 Å². The highest BCUT2D eigenvalue weighted by molar-refractivity contribution is 6.12. The molecule has 0 radical (unpaired) electrons. The summed E-state index contributed by atoms with van der Waals surface area (Å²) in [6.45, 7) is 0.330. The number of fused-ring (bicyclic) bond motifs is 1. The Morgan fingerprint density at radius 2 is 1.97 bits per heavy atom. The first-order valence-electron chi connectivity index (χ1n) is 9.70. The van der Waals surface area contributed by atoms with Gasteiger partial charge in [0.15, 0.2) is 0 Å². The van der Waals surface area contributed by atoms with E-state index in [2.05, 4.69) is 20.6 Å². The highest BCUT2D eigenvalue weighted by Crippen LogP contribution is 2.38. The molecule has 1 unspecified atom stereocenters. The number of pyridine rings is 1. The standard InChI is InChI=1S/C23H19F3N4O/c24-23(25,26)19-12-16(7-8-21(19)28-11-9-15-4-3-10-27-13-15)29-14-18-17-5-1-2-6-20(17)30-22(18)31/h1-8,10,12-14,18,28H,9,11H2,(H,30,31). The third kappa shape index (κ3) is 4.74. The summed E-state index contributed by atoms with van der Waals surface area (Å²) < 4.78 is 40.8. The number of hydrogen-bond acceptors (Lipinski definition) is 4. The molecule has 0 aliphatic carbocycles. The number of nitrogens with one attached hydrogen (secondary N) is 2. The number of amides is 1. The minimum atomic E-state index is -4.54. The lowest BCUT2D eigenvalue weighted by atomic mass is 10.0. The number of benzene rings is 2. The van der Waals surface area contributed by atoms with E-state index in [0.717, 1.165) is 17.2 Å². The maximum absolute atomic E-state index is 13.6. The minimum Gasteiger partial charge on any atom is -0.384 e. The van der Waals surface area contributed by atoms with Crippen LogP contribution in [0.25, 0.3) is 0 Å². The predicted molar refractivity (Wildman–Crippen MR) is 114 cm³/mol. The van der Waals surface area contributed by atoms with Crippen LogP contribution in [-0.4, -0.2) is 23.7 Å². The van der Waals surface area contributed by atoms with Gasteiger partial charge in [-0.25, -0.2) is 0 Å². The molecule has 2 heterocycles. The number of alkyl halides is 3. The Hall–Kier alpha value is -3.68. The molecule has 5 nitrogen and oxygen atoms in total. The van der Waals surface area contributed by atoms with Gasteiger partial charge in [0.1, 0.15) is 5.92 Å². The SMILES string of the molecule is O=C1Nc2ccccc2C1C=Nc1ccc(NCCc2cccnc2)c(C(F)(F)F)c1. The Bertz CT molecular complexity index is 1110. The lowest BCUT2D eigenvalue weighted by Gasteiger charge is -2.15. The summed E-state index contributed by atoms with van der Waals surface area (Å²) in [7, 11) is 0. The van der Waals surface area contributed by atoms with E-state index in [1.807, 2.05) is 6.07 Å². The highest BCUT2D eigenvalue weighted by Gasteiger charge is 2.34. The first-order valence-corrected chi connectivity index (χ1v) is 9.70. The Labute approximate surface area is 177 Å². The van der Waals surface area contributed by atoms with Crippen molar-refractivity contribution in [3.63, 3.8) is 0 Å². The number of aliphatic imine (C=N–C) groups is 1. The van der Waals surface area contributed by atoms with Crippen LogP contribution in [0.1, 0.15) is 22.6 Å². The first kappa shape index (κ1) is 20.6. The van der Waals surface area contributed by atoms with E-state index in [4.69, 9.17) is 0 Å². The van der Waals surface area contributed by atoms with Crippen molar-refractivity contribution in [1.82, 2.24) is 4.98 Å². The molecule has 0 saturated heterocycles. The monoisotopic (exact) mass is 424 g/mol. The van der Waals surface area contributed by atoms with Crippen molar-refractivity contribution in [1.29, 1.82) is 0 Å². The summed E-state index contributed by atoms with van der Waals surface area (Å²) in [6, 6.07) is 14.7. The van der Waals surface area contributed by atoms with Crippen LogP contribution in [0.5, 0.6) is 0 Å². The summed E-state index contributed by atoms with van der Waals surface area (Å²) in [4.78, 5) is 20.3. The Morgan fingerprint density at radius 1 is 1.13 bits per heavy atom. The van der Waals surface area contributed by atoms with Crippen molar-refractivity contribution in [3.05, 3.63) is 83.7 Å². The summed E-state index contributed by atoms with van der Waals surface area (Å²) in [5.41, 5.74) is 1.68. The van der Waals surface area contributed by atoms with E-state index in [1.165, 1.54) is 18.3 Å². The fraction of sp³-hybridized carbons (Fsp3) is 0.174. The number of carbonyl (C=O) groups excluding carboxylic acids is 1. The van der Waals surface area contributed by atoms with Gasteiger partial charge in [-0.2, -0.15) is 13.2 Å². The smallest absolute Gasteiger partial charge is 0.384 e. The molecule has 1 aliphatic heterocycles. The van der Waals surface area contributed by atoms with Gasteiger partial charge < -0.3 is 10.6 Å². The quantitative estimate of drug-likeness (QED) is 0.535. The summed E-state index contributed by atoms with van der Waals surface area (Å²) in [6.07, 6.45) is 0.708. The van der Waals surface area contributed by atoms with Crippen LogP contribution >= 0.6 is 0 Å². The zero-order valence-corrected chi connectivity index (χ0v) is 16.4. The zero-order valence-electron chi connectivity index (χ0n) is 16.4. The number of aromatic nitrogens is 1. The Balaban J connectivity index is 1.52. The van der Waals surface area contributed by atoms with Crippen LogP contribution in [0.15, 0.2) is 72.0 Å². The molecule has 1 aliphatic rings. The average Bonchev–Trinajstić information content (AvgIpc) is 3.08. The van der Waals surface area contributed by atoms with Crippen molar-refractivity contribution in [2.24, 2.45) is 4.99 Å². The fourth-order valence-corrected chi connectivity index (χ4v) is 3.43. The van der Waals surface area contributed by atoms with Gasteiger partial charge in [-0.1, -0.05) is 24.3 Å². The van der Waals surface area contributed by atoms with Gasteiger partial charge in [0, 0.05) is 36.5 Å². The first-order chi connectivity index (χ1) is 14.9. The van der Waals surface area contributed by atoms with E-state index < -0.39 is 17.7 Å². The second kappa shape index (κ2) is 8.59. The van der Waals surface area contributed by atoms with Gasteiger partial charge in [-0.3, -0.25) is 14.8 Å². The molecule has 158 valence electrons. The largest absolute Gasteiger partial charge is 0.418 e. The second-order valence-electron chi connectivity index (χ2n) is 7.10. The molecule has 1 aromatic heterocycles. The molecule has 2 aromatic carbocycles. The molecule has 0 saturated carbocycles. The van der Waals surface area contributed by atoms with Crippen molar-refractivity contribution in [2.75, 3.05) is 17.2 Å². The van der Waals surface area contributed by atoms with Crippen molar-refractivity contribution in [2.45, 2.75) is 18.5 Å². The second-order valence-corrected chi connectivity index (χ2v) is 7.10. The zero-order chi connectivity index (χ0) is 21.8. The van der Waals surface area contributed by atoms with Crippen LogP contribution in [0, 0.1) is 0 Å². The lowest BCUT2D eigenvalue weighted by molar-refractivity contribution is -0.137. The Morgan fingerprint density at radius 3 is 2.74 bits per heavy atom. The molecule has 8 heteroatoms. The van der Waals surface area contributed by atoms with E-state index in [9.17, 15) is 18.0 Å². The molecule has 0 spiro atoms. The fourth-order valence-electron chi connectivity index (χ4n) is 3.43. The maximum atomic E-state index is 13.6. The summed E-state index contributed by atoms with van der Waals surface area (Å²) >= 11 is 0. The van der Waals surface area contributed by atoms with Gasteiger partial charge >= 0.3 is 6.18 Å². The van der Waals surface area contributed by atoms with Gasteiger partial charge in [-0.05, 0) is 47.9 Å². The molecule has 3 aromatic rings. The normalized spacial score (nSPS) is 15.7. The van der Waals surface area contributed by atoms with Gasteiger partial charge in [-0.15, -0.1) is 0 Å². The molecule has 1 atom stereocenters. The Kier molecular flexibility index (Phi) is 5.70. The highest BCUT2D eigenvalue weighted by atomic mass is 19.4. The van der Waals surface area contributed by atoms with Crippen LogP contribution in [-0.2, 0) is 17.4 Å². The van der Waals surface area contributed by atoms with E-state index in [0.29, 0.717) is 18.7 Å². The molecule has 0 bridgehead atoms. The lowest BCUT2D eigenvalue weighted by Crippen LogP contribution is -2.13. The van der Waals surface area contributed by atoms with Crippen LogP contribution < -0.4 is 10.6 Å². The number of nitrogens with zero attached hydrogens (tertiary/aromatic N) is 2. The van der Waals surface area contributed by atoms with Gasteiger partial charge in [0.25, 0.3) is 0 Å². The number of halogens is 3. The molecular formula is C23H19F3N4O. The number of anilines is 2. The van der Waals surface area contributed by atoms with Crippen molar-refractivity contribution >= 4 is 29.2 Å². The van der Waals surface area contributed by atoms with Crippen molar-refractivity contribution < 1.29 is 18.0 Å². The molecule has 1 amide bonds. The summed E-state index contributed by atoms with van der Waals surface area (Å²) in [5, 5.41) is 5.59. The molecule has 2 N–H and O–H groups in total. The minimum absolute atomic E-state index is 0.0145. The van der Waals surface area contributed by atoms with Crippen LogP contribution in [0.3, 0.4) is 0 Å². The van der Waals surface area contributed by atoms with E-state index in [1.54, 1.807) is 42.7 Å². The number of para-hydroxylation sites is 1. The molecule has 31 heavy (non-hydrogen) atoms. The summed E-state index contributed by atoms with van der Waals surface area (Å²) in [5.74, 6) is -0.891. The molecular weight excluding hydrogens is 405 g/mol. The molecule has 0 fully saturated rings. The topological polar surface area (TPSA) is 66.4 Å². The number of rotatable bonds is 6. The van der Waals surface area contributed by atoms with Gasteiger partial charge in [0.05, 0.1) is 11.3 Å². The molecule has 4 rings (SSSR count). The van der Waals surface area contributed by atoms with Crippen molar-refractivity contribution in [3.8, 4) is 0 Å². The van der Waals surface area contributed by atoms with E-state index >= 15 is 0 Å². The van der Waals surface area contributed by atoms with E-state index in [-0.39, 0.29) is 17.3 Å². The number of hydrogen-bond donors (Lipinski definition) is 2. The third-order valence-corrected chi connectivity index (χ3v) is 4.97. The predicted octanol–water partition coefficient (Wildman–Crippen LogP) is 5.19. The maximum Gasteiger partial charge on any atom is 0.418 e. The average molecular weight is 424 g/mol. The van der Waals surface area contributed by atoms with Crippen LogP contribution in [0.4, 0.5) is 30.2 Å². The van der Waals surface area contributed by atoms with Crippen LogP contribution in [0.2, 0.25) is 0 Å².